The lowest BCUT2D eigenvalue weighted by Gasteiger charge is -2.23. The highest BCUT2D eigenvalue weighted by atomic mass is 14.7. The Balaban J connectivity index is 2.67. The van der Waals surface area contributed by atoms with Crippen molar-refractivity contribution in [3.63, 3.8) is 0 Å². The first kappa shape index (κ1) is 11.1. The van der Waals surface area contributed by atoms with Crippen LogP contribution in [0.5, 0.6) is 0 Å². The number of aromatic nitrogens is 1. The summed E-state index contributed by atoms with van der Waals surface area (Å²) < 4.78 is 0. The minimum Gasteiger partial charge on any atom is -0.252 e. The Morgan fingerprint density at radius 2 is 1.88 bits per heavy atom. The predicted octanol–water partition coefficient (Wildman–Crippen LogP) is 4.23. The number of hydrogen-bond donors (Lipinski definition) is 0. The van der Waals surface area contributed by atoms with Crippen LogP contribution >= 0.6 is 0 Å². The molecule has 0 aliphatic rings. The largest absolute Gasteiger partial charge is 0.252 e. The van der Waals surface area contributed by atoms with Crippen molar-refractivity contribution in [2.75, 3.05) is 0 Å². The molecule has 2 rings (SSSR count). The topological polar surface area (TPSA) is 12.9 Å². The quantitative estimate of drug-likeness (QED) is 0.727. The average Bonchev–Trinajstić information content (AvgIpc) is 2.29. The maximum Gasteiger partial charge on any atom is 0.0708 e. The Morgan fingerprint density at radius 1 is 1.19 bits per heavy atom. The molecule has 2 aromatic rings. The second-order valence-corrected chi connectivity index (χ2v) is 5.08. The van der Waals surface area contributed by atoms with Crippen LogP contribution in [0.25, 0.3) is 10.9 Å². The van der Waals surface area contributed by atoms with Gasteiger partial charge in [0.1, 0.15) is 0 Å². The predicted molar refractivity (Wildman–Crippen MR) is 69.8 cm³/mol. The van der Waals surface area contributed by atoms with E-state index >= 15 is 0 Å². The number of benzene rings is 1. The molecule has 1 heteroatoms. The molecule has 0 unspecified atom stereocenters. The van der Waals surface area contributed by atoms with E-state index in [9.17, 15) is 0 Å². The second kappa shape index (κ2) is 3.89. The summed E-state index contributed by atoms with van der Waals surface area (Å²) in [7, 11) is 0. The fourth-order valence-electron chi connectivity index (χ4n) is 1.88. The Bertz CT molecular complexity index is 512. The van der Waals surface area contributed by atoms with Gasteiger partial charge in [0.15, 0.2) is 0 Å². The van der Waals surface area contributed by atoms with Crippen LogP contribution in [-0.4, -0.2) is 4.98 Å². The second-order valence-electron chi connectivity index (χ2n) is 5.08. The highest BCUT2D eigenvalue weighted by molar-refractivity contribution is 5.82. The van der Waals surface area contributed by atoms with Gasteiger partial charge in [-0.2, -0.15) is 0 Å². The monoisotopic (exact) mass is 213 g/mol. The fourth-order valence-corrected chi connectivity index (χ4v) is 1.88. The zero-order valence-electron chi connectivity index (χ0n) is 10.5. The summed E-state index contributed by atoms with van der Waals surface area (Å²) in [6.45, 7) is 8.89. The minimum absolute atomic E-state index is 0.161. The first-order chi connectivity index (χ1) is 7.54. The molecule has 1 nitrogen and oxygen atoms in total. The van der Waals surface area contributed by atoms with E-state index in [1.54, 1.807) is 0 Å². The van der Waals surface area contributed by atoms with Crippen LogP contribution in [0.3, 0.4) is 0 Å². The standard InChI is InChI=1S/C15H19N/c1-5-15(3,4)14-10-11(2)12-8-6-7-9-13(12)16-14/h6-10H,5H2,1-4H3. The van der Waals surface area contributed by atoms with Crippen LogP contribution in [0.4, 0.5) is 0 Å². The van der Waals surface area contributed by atoms with E-state index in [0.717, 1.165) is 11.9 Å². The summed E-state index contributed by atoms with van der Waals surface area (Å²) in [5, 5.41) is 1.26. The summed E-state index contributed by atoms with van der Waals surface area (Å²) >= 11 is 0. The van der Waals surface area contributed by atoms with E-state index in [4.69, 9.17) is 4.98 Å². The molecular formula is C15H19N. The first-order valence-corrected chi connectivity index (χ1v) is 5.91. The number of para-hydroxylation sites is 1. The Kier molecular flexibility index (Phi) is 2.71. The molecule has 16 heavy (non-hydrogen) atoms. The normalized spacial score (nSPS) is 12.0. The first-order valence-electron chi connectivity index (χ1n) is 5.91. The molecule has 1 aromatic carbocycles. The van der Waals surface area contributed by atoms with E-state index in [1.165, 1.54) is 16.6 Å². The third-order valence-corrected chi connectivity index (χ3v) is 3.50. The molecule has 0 amide bonds. The number of nitrogens with zero attached hydrogens (tertiary/aromatic N) is 1. The Hall–Kier alpha value is -1.37. The lowest BCUT2D eigenvalue weighted by molar-refractivity contribution is 0.492. The molecule has 0 aliphatic heterocycles. The molecule has 1 aromatic heterocycles. The van der Waals surface area contributed by atoms with Crippen molar-refractivity contribution in [1.82, 2.24) is 4.98 Å². The molecule has 0 aliphatic carbocycles. The van der Waals surface area contributed by atoms with E-state index in [2.05, 4.69) is 58.0 Å². The summed E-state index contributed by atoms with van der Waals surface area (Å²) in [6.07, 6.45) is 1.11. The molecule has 0 atom stereocenters. The molecule has 0 bridgehead atoms. The van der Waals surface area contributed by atoms with Crippen molar-refractivity contribution < 1.29 is 0 Å². The van der Waals surface area contributed by atoms with Gasteiger partial charge in [0, 0.05) is 16.5 Å². The SMILES string of the molecule is CCC(C)(C)c1cc(C)c2ccccc2n1. The summed E-state index contributed by atoms with van der Waals surface area (Å²) in [5.41, 5.74) is 3.79. The van der Waals surface area contributed by atoms with Gasteiger partial charge in [-0.15, -0.1) is 0 Å². The van der Waals surface area contributed by atoms with E-state index in [0.29, 0.717) is 0 Å². The van der Waals surface area contributed by atoms with Gasteiger partial charge in [-0.25, -0.2) is 0 Å². The van der Waals surface area contributed by atoms with Crippen molar-refractivity contribution in [3.8, 4) is 0 Å². The van der Waals surface area contributed by atoms with Crippen molar-refractivity contribution in [2.24, 2.45) is 0 Å². The van der Waals surface area contributed by atoms with E-state index < -0.39 is 0 Å². The summed E-state index contributed by atoms with van der Waals surface area (Å²) in [6, 6.07) is 10.6. The van der Waals surface area contributed by atoms with Gasteiger partial charge in [-0.1, -0.05) is 39.0 Å². The van der Waals surface area contributed by atoms with E-state index in [1.807, 2.05) is 0 Å². The van der Waals surface area contributed by atoms with Crippen LogP contribution in [0.1, 0.15) is 38.4 Å². The zero-order chi connectivity index (χ0) is 11.8. The lowest BCUT2D eigenvalue weighted by Crippen LogP contribution is -2.17. The van der Waals surface area contributed by atoms with Gasteiger partial charge < -0.3 is 0 Å². The van der Waals surface area contributed by atoms with Crippen molar-refractivity contribution >= 4 is 10.9 Å². The highest BCUT2D eigenvalue weighted by Gasteiger charge is 2.20. The molecule has 0 radical (unpaired) electrons. The van der Waals surface area contributed by atoms with Gasteiger partial charge in [-0.3, -0.25) is 4.98 Å². The van der Waals surface area contributed by atoms with Crippen molar-refractivity contribution in [2.45, 2.75) is 39.5 Å². The lowest BCUT2D eigenvalue weighted by atomic mass is 9.85. The number of fused-ring (bicyclic) bond motifs is 1. The van der Waals surface area contributed by atoms with Crippen LogP contribution in [0.2, 0.25) is 0 Å². The van der Waals surface area contributed by atoms with Crippen molar-refractivity contribution in [3.05, 3.63) is 41.6 Å². The van der Waals surface area contributed by atoms with Gasteiger partial charge in [-0.05, 0) is 31.0 Å². The number of rotatable bonds is 2. The number of hydrogen-bond acceptors (Lipinski definition) is 1. The third kappa shape index (κ3) is 1.82. The molecular weight excluding hydrogens is 194 g/mol. The van der Waals surface area contributed by atoms with Gasteiger partial charge >= 0.3 is 0 Å². The maximum atomic E-state index is 4.78. The van der Waals surface area contributed by atoms with Gasteiger partial charge in [0.2, 0.25) is 0 Å². The number of aryl methyl sites for hydroxylation is 1. The van der Waals surface area contributed by atoms with E-state index in [-0.39, 0.29) is 5.41 Å². The third-order valence-electron chi connectivity index (χ3n) is 3.50. The molecule has 84 valence electrons. The van der Waals surface area contributed by atoms with Gasteiger partial charge in [0.25, 0.3) is 0 Å². The van der Waals surface area contributed by atoms with Gasteiger partial charge in [0.05, 0.1) is 5.52 Å². The molecule has 1 heterocycles. The van der Waals surface area contributed by atoms with Crippen LogP contribution in [0, 0.1) is 6.92 Å². The average molecular weight is 213 g/mol. The molecule has 0 spiro atoms. The smallest absolute Gasteiger partial charge is 0.0708 e. The van der Waals surface area contributed by atoms with Crippen LogP contribution < -0.4 is 0 Å². The summed E-state index contributed by atoms with van der Waals surface area (Å²) in [5.74, 6) is 0. The highest BCUT2D eigenvalue weighted by Crippen LogP contribution is 2.28. The van der Waals surface area contributed by atoms with Crippen LogP contribution in [0.15, 0.2) is 30.3 Å². The Morgan fingerprint density at radius 3 is 2.56 bits per heavy atom. The molecule has 0 saturated heterocycles. The van der Waals surface area contributed by atoms with Crippen molar-refractivity contribution in [1.29, 1.82) is 0 Å². The molecule has 0 saturated carbocycles. The zero-order valence-corrected chi connectivity index (χ0v) is 10.5. The minimum atomic E-state index is 0.161. The summed E-state index contributed by atoms with van der Waals surface area (Å²) in [4.78, 5) is 4.78. The molecule has 0 N–H and O–H groups in total. The Labute approximate surface area is 97.5 Å². The molecule has 0 fully saturated rings. The maximum absolute atomic E-state index is 4.78. The van der Waals surface area contributed by atoms with Crippen LogP contribution in [-0.2, 0) is 5.41 Å². The number of pyridine rings is 1. The fraction of sp³-hybridized carbons (Fsp3) is 0.400.